The van der Waals surface area contributed by atoms with Crippen molar-refractivity contribution in [3.8, 4) is 5.75 Å². The normalized spacial score (nSPS) is 28.2. The highest BCUT2D eigenvalue weighted by Crippen LogP contribution is 2.54. The fourth-order valence-corrected chi connectivity index (χ4v) is 2.42. The van der Waals surface area contributed by atoms with Gasteiger partial charge in [0.1, 0.15) is 0 Å². The van der Waals surface area contributed by atoms with Crippen LogP contribution in [0.1, 0.15) is 25.8 Å². The van der Waals surface area contributed by atoms with Crippen molar-refractivity contribution in [1.29, 1.82) is 0 Å². The summed E-state index contributed by atoms with van der Waals surface area (Å²) in [5.41, 5.74) is 7.00. The molecule has 0 radical (unpaired) electrons. The number of ether oxygens (including phenoxy) is 1. The molecule has 0 spiro atoms. The summed E-state index contributed by atoms with van der Waals surface area (Å²) in [6.07, 6.45) is 0.972. The van der Waals surface area contributed by atoms with E-state index in [1.165, 1.54) is 13.2 Å². The van der Waals surface area contributed by atoms with Crippen LogP contribution in [-0.2, 0) is 5.54 Å². The topological polar surface area (TPSA) is 35.2 Å². The molecule has 1 saturated carbocycles. The van der Waals surface area contributed by atoms with E-state index in [2.05, 4.69) is 13.8 Å². The van der Waals surface area contributed by atoms with E-state index >= 15 is 0 Å². The van der Waals surface area contributed by atoms with Gasteiger partial charge in [-0.05, 0) is 36.0 Å². The number of rotatable bonds is 3. The molecule has 2 unspecified atom stereocenters. The number of hydrogen-bond donors (Lipinski definition) is 1. The average molecular weight is 223 g/mol. The molecular formula is C13H18FNO. The smallest absolute Gasteiger partial charge is 0.165 e. The lowest BCUT2D eigenvalue weighted by atomic mass is 9.97. The second-order valence-electron chi connectivity index (χ2n) is 4.94. The molecule has 3 heteroatoms. The van der Waals surface area contributed by atoms with Crippen LogP contribution >= 0.6 is 0 Å². The predicted octanol–water partition coefficient (Wildman–Crippen LogP) is 2.66. The molecule has 0 saturated heterocycles. The van der Waals surface area contributed by atoms with Crippen LogP contribution < -0.4 is 10.5 Å². The van der Waals surface area contributed by atoms with Crippen LogP contribution in [0.25, 0.3) is 0 Å². The summed E-state index contributed by atoms with van der Waals surface area (Å²) in [5, 5.41) is 0. The van der Waals surface area contributed by atoms with Gasteiger partial charge in [-0.3, -0.25) is 0 Å². The van der Waals surface area contributed by atoms with E-state index < -0.39 is 0 Å². The molecule has 88 valence electrons. The lowest BCUT2D eigenvalue weighted by molar-refractivity contribution is 0.384. The van der Waals surface area contributed by atoms with Crippen molar-refractivity contribution in [1.82, 2.24) is 0 Å². The van der Waals surface area contributed by atoms with E-state index in [0.29, 0.717) is 11.8 Å². The molecule has 1 aromatic rings. The second-order valence-corrected chi connectivity index (χ2v) is 4.94. The standard InChI is InChI=1S/C13H18FNO/c1-8(2)10-7-13(10,15)9-4-5-11(14)12(6-9)16-3/h4-6,8,10H,7,15H2,1-3H3. The molecule has 2 rings (SSSR count). The Morgan fingerprint density at radius 1 is 1.50 bits per heavy atom. The van der Waals surface area contributed by atoms with Crippen LogP contribution in [0.4, 0.5) is 4.39 Å². The summed E-state index contributed by atoms with van der Waals surface area (Å²) in [6.45, 7) is 4.33. The van der Waals surface area contributed by atoms with Crippen LogP contribution in [-0.4, -0.2) is 7.11 Å². The highest BCUT2D eigenvalue weighted by atomic mass is 19.1. The highest BCUT2D eigenvalue weighted by molar-refractivity contribution is 5.39. The predicted molar refractivity (Wildman–Crippen MR) is 61.8 cm³/mol. The molecule has 1 aliphatic carbocycles. The molecule has 0 bridgehead atoms. The Morgan fingerprint density at radius 3 is 2.69 bits per heavy atom. The van der Waals surface area contributed by atoms with Gasteiger partial charge in [0.05, 0.1) is 7.11 Å². The van der Waals surface area contributed by atoms with Crippen molar-refractivity contribution >= 4 is 0 Å². The van der Waals surface area contributed by atoms with E-state index in [1.54, 1.807) is 12.1 Å². The van der Waals surface area contributed by atoms with Crippen LogP contribution in [0.2, 0.25) is 0 Å². The number of halogens is 1. The quantitative estimate of drug-likeness (QED) is 0.855. The van der Waals surface area contributed by atoms with E-state index in [4.69, 9.17) is 10.5 Å². The minimum atomic E-state index is -0.336. The molecular weight excluding hydrogens is 205 g/mol. The molecule has 0 amide bonds. The van der Waals surface area contributed by atoms with Gasteiger partial charge in [0.2, 0.25) is 0 Å². The Hall–Kier alpha value is -1.09. The van der Waals surface area contributed by atoms with Gasteiger partial charge in [-0.1, -0.05) is 19.9 Å². The maximum absolute atomic E-state index is 13.3. The van der Waals surface area contributed by atoms with Gasteiger partial charge in [-0.2, -0.15) is 0 Å². The van der Waals surface area contributed by atoms with Crippen LogP contribution in [0.3, 0.4) is 0 Å². The van der Waals surface area contributed by atoms with Crippen LogP contribution in [0.15, 0.2) is 18.2 Å². The Balaban J connectivity index is 2.29. The van der Waals surface area contributed by atoms with Gasteiger partial charge in [-0.15, -0.1) is 0 Å². The van der Waals surface area contributed by atoms with E-state index in [1.807, 2.05) is 0 Å². The van der Waals surface area contributed by atoms with Gasteiger partial charge >= 0.3 is 0 Å². The number of methoxy groups -OCH3 is 1. The molecule has 0 aliphatic heterocycles. The van der Waals surface area contributed by atoms with Crippen molar-refractivity contribution in [3.05, 3.63) is 29.6 Å². The third-order valence-electron chi connectivity index (χ3n) is 3.55. The monoisotopic (exact) mass is 223 g/mol. The van der Waals surface area contributed by atoms with Gasteiger partial charge in [0.25, 0.3) is 0 Å². The third-order valence-corrected chi connectivity index (χ3v) is 3.55. The van der Waals surface area contributed by atoms with Crippen molar-refractivity contribution in [2.45, 2.75) is 25.8 Å². The number of hydrogen-bond acceptors (Lipinski definition) is 2. The van der Waals surface area contributed by atoms with E-state index in [-0.39, 0.29) is 17.1 Å². The van der Waals surface area contributed by atoms with Gasteiger partial charge in [-0.25, -0.2) is 4.39 Å². The second kappa shape index (κ2) is 3.74. The number of benzene rings is 1. The fourth-order valence-electron chi connectivity index (χ4n) is 2.42. The molecule has 1 aromatic carbocycles. The molecule has 2 atom stereocenters. The van der Waals surface area contributed by atoms with Gasteiger partial charge in [0, 0.05) is 5.54 Å². The zero-order valence-corrected chi connectivity index (χ0v) is 9.96. The SMILES string of the molecule is COc1cc(C2(N)CC2C(C)C)ccc1F. The Bertz CT molecular complexity index is 405. The summed E-state index contributed by atoms with van der Waals surface area (Å²) in [7, 11) is 1.47. The summed E-state index contributed by atoms with van der Waals surface area (Å²) in [6, 6.07) is 4.91. The largest absolute Gasteiger partial charge is 0.494 e. The first kappa shape index (κ1) is 11.4. The van der Waals surface area contributed by atoms with Gasteiger partial charge in [0.15, 0.2) is 11.6 Å². The zero-order valence-electron chi connectivity index (χ0n) is 9.96. The van der Waals surface area contributed by atoms with Crippen molar-refractivity contribution in [3.63, 3.8) is 0 Å². The highest BCUT2D eigenvalue weighted by Gasteiger charge is 2.53. The molecule has 0 heterocycles. The molecule has 2 nitrogen and oxygen atoms in total. The third kappa shape index (κ3) is 1.69. The maximum Gasteiger partial charge on any atom is 0.165 e. The lowest BCUT2D eigenvalue weighted by Gasteiger charge is -2.15. The number of nitrogens with two attached hydrogens (primary N) is 1. The van der Waals surface area contributed by atoms with Crippen LogP contribution in [0, 0.1) is 17.7 Å². The lowest BCUT2D eigenvalue weighted by Crippen LogP contribution is -2.24. The van der Waals surface area contributed by atoms with Gasteiger partial charge < -0.3 is 10.5 Å². The maximum atomic E-state index is 13.3. The Labute approximate surface area is 95.6 Å². The first-order valence-electron chi connectivity index (χ1n) is 5.62. The molecule has 2 N–H and O–H groups in total. The van der Waals surface area contributed by atoms with Crippen molar-refractivity contribution in [2.24, 2.45) is 17.6 Å². The Morgan fingerprint density at radius 2 is 2.19 bits per heavy atom. The van der Waals surface area contributed by atoms with Crippen molar-refractivity contribution < 1.29 is 9.13 Å². The summed E-state index contributed by atoms with van der Waals surface area (Å²) in [5.74, 6) is 0.983. The van der Waals surface area contributed by atoms with Crippen molar-refractivity contribution in [2.75, 3.05) is 7.11 Å². The van der Waals surface area contributed by atoms with Crippen LogP contribution in [0.5, 0.6) is 5.75 Å². The fraction of sp³-hybridized carbons (Fsp3) is 0.538. The summed E-state index contributed by atoms with van der Waals surface area (Å²) in [4.78, 5) is 0. The Kier molecular flexibility index (Phi) is 2.66. The summed E-state index contributed by atoms with van der Waals surface area (Å²) >= 11 is 0. The van der Waals surface area contributed by atoms with E-state index in [9.17, 15) is 4.39 Å². The molecule has 1 fully saturated rings. The first-order chi connectivity index (χ1) is 7.49. The van der Waals surface area contributed by atoms with E-state index in [0.717, 1.165) is 12.0 Å². The average Bonchev–Trinajstić information content (AvgIpc) is 2.93. The molecule has 16 heavy (non-hydrogen) atoms. The minimum absolute atomic E-state index is 0.275. The first-order valence-corrected chi connectivity index (χ1v) is 5.62. The molecule has 1 aliphatic rings. The molecule has 0 aromatic heterocycles. The summed E-state index contributed by atoms with van der Waals surface area (Å²) < 4.78 is 18.2. The minimum Gasteiger partial charge on any atom is -0.494 e. The zero-order chi connectivity index (χ0) is 11.9.